The molecule has 16 heavy (non-hydrogen) atoms. The lowest BCUT2D eigenvalue weighted by atomic mass is 10.1. The Morgan fingerprint density at radius 2 is 1.81 bits per heavy atom. The zero-order valence-corrected chi connectivity index (χ0v) is 10.5. The second kappa shape index (κ2) is 8.31. The van der Waals surface area contributed by atoms with Gasteiger partial charge in [-0.25, -0.2) is 0 Å². The summed E-state index contributed by atoms with van der Waals surface area (Å²) in [6.07, 6.45) is 2.28. The predicted molar refractivity (Wildman–Crippen MR) is 68.6 cm³/mol. The van der Waals surface area contributed by atoms with Crippen molar-refractivity contribution in [3.63, 3.8) is 0 Å². The van der Waals surface area contributed by atoms with Gasteiger partial charge in [0.15, 0.2) is 0 Å². The molecule has 0 aliphatic carbocycles. The van der Waals surface area contributed by atoms with Crippen LogP contribution in [-0.4, -0.2) is 19.7 Å². The Kier molecular flexibility index (Phi) is 6.86. The van der Waals surface area contributed by atoms with Crippen LogP contribution in [0.25, 0.3) is 0 Å². The standard InChI is InChI=1S/C14H23NO/c1-3-10-15-11-9-13-7-5-6-8-14(13)12-16-4-2/h5-8,15H,3-4,9-12H2,1-2H3. The number of rotatable bonds is 8. The van der Waals surface area contributed by atoms with E-state index in [0.29, 0.717) is 0 Å². The smallest absolute Gasteiger partial charge is 0.0719 e. The number of hydrogen-bond donors (Lipinski definition) is 1. The summed E-state index contributed by atoms with van der Waals surface area (Å²) in [5.74, 6) is 0. The zero-order chi connectivity index (χ0) is 11.6. The number of nitrogens with one attached hydrogen (secondary N) is 1. The van der Waals surface area contributed by atoms with Crippen molar-refractivity contribution in [3.05, 3.63) is 35.4 Å². The SMILES string of the molecule is CCCNCCc1ccccc1COCC. The number of benzene rings is 1. The van der Waals surface area contributed by atoms with Crippen LogP contribution in [0.15, 0.2) is 24.3 Å². The first-order valence-electron chi connectivity index (χ1n) is 6.23. The van der Waals surface area contributed by atoms with Gasteiger partial charge in [0.1, 0.15) is 0 Å². The van der Waals surface area contributed by atoms with E-state index in [1.807, 2.05) is 6.92 Å². The monoisotopic (exact) mass is 221 g/mol. The first-order chi connectivity index (χ1) is 7.88. The van der Waals surface area contributed by atoms with E-state index < -0.39 is 0 Å². The van der Waals surface area contributed by atoms with Crippen LogP contribution in [0.1, 0.15) is 31.4 Å². The average Bonchev–Trinajstić information content (AvgIpc) is 2.33. The van der Waals surface area contributed by atoms with Gasteiger partial charge in [0.2, 0.25) is 0 Å². The summed E-state index contributed by atoms with van der Waals surface area (Å²) in [6.45, 7) is 7.90. The molecular weight excluding hydrogens is 198 g/mol. The van der Waals surface area contributed by atoms with Crippen LogP contribution in [0, 0.1) is 0 Å². The molecule has 0 spiro atoms. The Hall–Kier alpha value is -0.860. The summed E-state index contributed by atoms with van der Waals surface area (Å²) in [5, 5.41) is 3.43. The molecule has 0 atom stereocenters. The zero-order valence-electron chi connectivity index (χ0n) is 10.5. The fourth-order valence-corrected chi connectivity index (χ4v) is 1.68. The molecule has 2 nitrogen and oxygen atoms in total. The fraction of sp³-hybridized carbons (Fsp3) is 0.571. The minimum atomic E-state index is 0.737. The predicted octanol–water partition coefficient (Wildman–Crippen LogP) is 2.77. The van der Waals surface area contributed by atoms with Crippen molar-refractivity contribution in [2.45, 2.75) is 33.3 Å². The lowest BCUT2D eigenvalue weighted by Crippen LogP contribution is -2.18. The van der Waals surface area contributed by atoms with Gasteiger partial charge in [-0.2, -0.15) is 0 Å². The molecule has 0 saturated heterocycles. The summed E-state index contributed by atoms with van der Waals surface area (Å²) in [6, 6.07) is 8.54. The molecule has 0 amide bonds. The van der Waals surface area contributed by atoms with Crippen molar-refractivity contribution < 1.29 is 4.74 Å². The van der Waals surface area contributed by atoms with Crippen LogP contribution in [0.5, 0.6) is 0 Å². The average molecular weight is 221 g/mol. The van der Waals surface area contributed by atoms with Gasteiger partial charge in [-0.15, -0.1) is 0 Å². The maximum Gasteiger partial charge on any atom is 0.0719 e. The summed E-state index contributed by atoms with van der Waals surface area (Å²) < 4.78 is 5.47. The molecule has 1 N–H and O–H groups in total. The third-order valence-corrected chi connectivity index (χ3v) is 2.58. The minimum absolute atomic E-state index is 0.737. The van der Waals surface area contributed by atoms with Gasteiger partial charge in [0.05, 0.1) is 6.61 Å². The third-order valence-electron chi connectivity index (χ3n) is 2.58. The van der Waals surface area contributed by atoms with Crippen LogP contribution < -0.4 is 5.32 Å². The van der Waals surface area contributed by atoms with Gasteiger partial charge in [-0.3, -0.25) is 0 Å². The Labute approximate surface area is 99.0 Å². The quantitative estimate of drug-likeness (QED) is 0.682. The topological polar surface area (TPSA) is 21.3 Å². The first kappa shape index (κ1) is 13.2. The van der Waals surface area contributed by atoms with E-state index in [2.05, 4.69) is 36.5 Å². The molecule has 90 valence electrons. The second-order valence-electron chi connectivity index (χ2n) is 3.91. The normalized spacial score (nSPS) is 10.6. The summed E-state index contributed by atoms with van der Waals surface area (Å²) >= 11 is 0. The first-order valence-corrected chi connectivity index (χ1v) is 6.23. The molecule has 0 bridgehead atoms. The highest BCUT2D eigenvalue weighted by atomic mass is 16.5. The van der Waals surface area contributed by atoms with E-state index in [0.717, 1.165) is 32.7 Å². The molecule has 1 aromatic carbocycles. The van der Waals surface area contributed by atoms with Crippen LogP contribution >= 0.6 is 0 Å². The maximum atomic E-state index is 5.47. The molecule has 2 heteroatoms. The Morgan fingerprint density at radius 3 is 2.50 bits per heavy atom. The van der Waals surface area contributed by atoms with Crippen molar-refractivity contribution in [3.8, 4) is 0 Å². The highest BCUT2D eigenvalue weighted by Crippen LogP contribution is 2.10. The van der Waals surface area contributed by atoms with E-state index >= 15 is 0 Å². The summed E-state index contributed by atoms with van der Waals surface area (Å²) in [4.78, 5) is 0. The Balaban J connectivity index is 2.43. The van der Waals surface area contributed by atoms with E-state index in [9.17, 15) is 0 Å². The number of hydrogen-bond acceptors (Lipinski definition) is 2. The lowest BCUT2D eigenvalue weighted by Gasteiger charge is -2.09. The Morgan fingerprint density at radius 1 is 1.06 bits per heavy atom. The van der Waals surface area contributed by atoms with Gasteiger partial charge in [-0.05, 0) is 44.0 Å². The fourth-order valence-electron chi connectivity index (χ4n) is 1.68. The van der Waals surface area contributed by atoms with Gasteiger partial charge < -0.3 is 10.1 Å². The highest BCUT2D eigenvalue weighted by molar-refractivity contribution is 5.26. The van der Waals surface area contributed by atoms with Crippen LogP contribution in [0.4, 0.5) is 0 Å². The van der Waals surface area contributed by atoms with Gasteiger partial charge >= 0.3 is 0 Å². The molecule has 0 saturated carbocycles. The Bertz CT molecular complexity index is 286. The van der Waals surface area contributed by atoms with Crippen molar-refractivity contribution in [1.82, 2.24) is 5.32 Å². The second-order valence-corrected chi connectivity index (χ2v) is 3.91. The minimum Gasteiger partial charge on any atom is -0.377 e. The van der Waals surface area contributed by atoms with Crippen molar-refractivity contribution in [1.29, 1.82) is 0 Å². The summed E-state index contributed by atoms with van der Waals surface area (Å²) in [7, 11) is 0. The van der Waals surface area contributed by atoms with Crippen LogP contribution in [-0.2, 0) is 17.8 Å². The van der Waals surface area contributed by atoms with Crippen molar-refractivity contribution >= 4 is 0 Å². The molecule has 0 heterocycles. The molecule has 0 aliphatic rings. The van der Waals surface area contributed by atoms with E-state index in [-0.39, 0.29) is 0 Å². The maximum absolute atomic E-state index is 5.47. The summed E-state index contributed by atoms with van der Waals surface area (Å²) in [5.41, 5.74) is 2.72. The van der Waals surface area contributed by atoms with Gasteiger partial charge in [0, 0.05) is 6.61 Å². The largest absolute Gasteiger partial charge is 0.377 e. The molecular formula is C14H23NO. The molecule has 0 unspecified atom stereocenters. The van der Waals surface area contributed by atoms with Crippen LogP contribution in [0.2, 0.25) is 0 Å². The molecule has 0 aliphatic heterocycles. The van der Waals surface area contributed by atoms with Crippen molar-refractivity contribution in [2.24, 2.45) is 0 Å². The van der Waals surface area contributed by atoms with Crippen LogP contribution in [0.3, 0.4) is 0 Å². The lowest BCUT2D eigenvalue weighted by molar-refractivity contribution is 0.133. The molecule has 1 rings (SSSR count). The van der Waals surface area contributed by atoms with E-state index in [1.54, 1.807) is 0 Å². The van der Waals surface area contributed by atoms with E-state index in [1.165, 1.54) is 17.5 Å². The van der Waals surface area contributed by atoms with E-state index in [4.69, 9.17) is 4.74 Å². The highest BCUT2D eigenvalue weighted by Gasteiger charge is 2.00. The number of ether oxygens (including phenoxy) is 1. The molecule has 0 fully saturated rings. The molecule has 0 aromatic heterocycles. The molecule has 1 aromatic rings. The van der Waals surface area contributed by atoms with Gasteiger partial charge in [-0.1, -0.05) is 31.2 Å². The van der Waals surface area contributed by atoms with Gasteiger partial charge in [0.25, 0.3) is 0 Å². The van der Waals surface area contributed by atoms with Crippen molar-refractivity contribution in [2.75, 3.05) is 19.7 Å². The molecule has 0 radical (unpaired) electrons. The third kappa shape index (κ3) is 4.77.